The number of halogens is 3. The molecule has 0 saturated carbocycles. The van der Waals surface area contributed by atoms with Crippen LogP contribution in [0, 0.1) is 17.5 Å². The van der Waals surface area contributed by atoms with Crippen LogP contribution in [0.1, 0.15) is 37.0 Å². The molecule has 3 aromatic rings. The molecule has 1 aliphatic rings. The second-order valence-corrected chi connectivity index (χ2v) is 7.05. The van der Waals surface area contributed by atoms with Crippen LogP contribution < -0.4 is 10.1 Å². The number of amides is 2. The van der Waals surface area contributed by atoms with Gasteiger partial charge in [-0.3, -0.25) is 0 Å². The molecule has 0 aliphatic carbocycles. The molecule has 0 spiro atoms. The fourth-order valence-electron chi connectivity index (χ4n) is 3.36. The lowest BCUT2D eigenvalue weighted by atomic mass is 10.0. The zero-order valence-corrected chi connectivity index (χ0v) is 16.4. The molecule has 0 bridgehead atoms. The molecule has 1 N–H and O–H groups in total. The lowest BCUT2D eigenvalue weighted by Gasteiger charge is -2.33. The number of benzene rings is 2. The van der Waals surface area contributed by atoms with E-state index in [0.717, 1.165) is 18.9 Å². The van der Waals surface area contributed by atoms with Gasteiger partial charge in [0, 0.05) is 12.6 Å². The molecule has 1 aromatic heterocycles. The van der Waals surface area contributed by atoms with Gasteiger partial charge in [0.1, 0.15) is 23.2 Å². The molecule has 1 fully saturated rings. The Kier molecular flexibility index (Phi) is 6.06. The van der Waals surface area contributed by atoms with Crippen molar-refractivity contribution in [3.05, 3.63) is 71.6 Å². The van der Waals surface area contributed by atoms with Crippen LogP contribution in [0.25, 0.3) is 0 Å². The number of hydrogen-bond acceptors (Lipinski definition) is 5. The molecule has 1 atom stereocenters. The normalized spacial score (nSPS) is 16.2. The van der Waals surface area contributed by atoms with Gasteiger partial charge in [-0.1, -0.05) is 5.16 Å². The predicted octanol–water partition coefficient (Wildman–Crippen LogP) is 4.83. The number of carbonyl (C=O) groups excluding carboxylic acids is 1. The fourth-order valence-corrected chi connectivity index (χ4v) is 3.36. The first kappa shape index (κ1) is 20.7. The highest BCUT2D eigenvalue weighted by molar-refractivity contribution is 5.89. The molecule has 1 unspecified atom stereocenters. The van der Waals surface area contributed by atoms with Gasteiger partial charge in [-0.05, 0) is 55.7 Å². The Labute approximate surface area is 175 Å². The summed E-state index contributed by atoms with van der Waals surface area (Å²) in [7, 11) is 0. The summed E-state index contributed by atoms with van der Waals surface area (Å²) in [6.07, 6.45) is 2.24. The Balaban J connectivity index is 1.43. The molecule has 0 radical (unpaired) electrons. The Hall–Kier alpha value is -3.56. The van der Waals surface area contributed by atoms with Crippen LogP contribution in [0.4, 0.5) is 23.7 Å². The highest BCUT2D eigenvalue weighted by atomic mass is 19.1. The lowest BCUT2D eigenvalue weighted by Crippen LogP contribution is -2.41. The van der Waals surface area contributed by atoms with E-state index in [4.69, 9.17) is 9.26 Å². The van der Waals surface area contributed by atoms with Gasteiger partial charge in [0.25, 0.3) is 5.89 Å². The second-order valence-electron chi connectivity index (χ2n) is 7.05. The molecule has 4 rings (SSSR count). The van der Waals surface area contributed by atoms with Crippen molar-refractivity contribution in [3.8, 4) is 5.75 Å². The number of anilines is 1. The largest absolute Gasteiger partial charge is 0.484 e. The molecule has 1 aliphatic heterocycles. The smallest absolute Gasteiger partial charge is 0.322 e. The number of hydrogen-bond donors (Lipinski definition) is 1. The minimum atomic E-state index is -0.860. The fraction of sp³-hybridized carbons (Fsp3) is 0.286. The molecule has 162 valence electrons. The summed E-state index contributed by atoms with van der Waals surface area (Å²) >= 11 is 0. The van der Waals surface area contributed by atoms with E-state index in [1.165, 1.54) is 35.2 Å². The number of rotatable bonds is 5. The number of ether oxygens (including phenoxy) is 1. The van der Waals surface area contributed by atoms with E-state index in [1.807, 2.05) is 0 Å². The van der Waals surface area contributed by atoms with E-state index in [1.54, 1.807) is 0 Å². The third-order valence-electron chi connectivity index (χ3n) is 4.89. The lowest BCUT2D eigenvalue weighted by molar-refractivity contribution is 0.157. The molecule has 10 heteroatoms. The van der Waals surface area contributed by atoms with Crippen molar-refractivity contribution in [1.29, 1.82) is 0 Å². The summed E-state index contributed by atoms with van der Waals surface area (Å²) in [5.41, 5.74) is -0.114. The van der Waals surface area contributed by atoms with Crippen LogP contribution in [0.3, 0.4) is 0 Å². The van der Waals surface area contributed by atoms with Gasteiger partial charge in [0.2, 0.25) is 0 Å². The van der Waals surface area contributed by atoms with E-state index < -0.39 is 23.7 Å². The van der Waals surface area contributed by atoms with Gasteiger partial charge in [-0.2, -0.15) is 4.98 Å². The van der Waals surface area contributed by atoms with Crippen LogP contribution >= 0.6 is 0 Å². The van der Waals surface area contributed by atoms with Gasteiger partial charge in [0.15, 0.2) is 12.4 Å². The molecule has 2 amide bonds. The number of piperidine rings is 1. The Bertz CT molecular complexity index is 1060. The van der Waals surface area contributed by atoms with Crippen LogP contribution in [0.15, 0.2) is 47.0 Å². The third-order valence-corrected chi connectivity index (χ3v) is 4.89. The highest BCUT2D eigenvalue weighted by Gasteiger charge is 2.32. The number of nitrogens with one attached hydrogen (secondary N) is 1. The molecule has 1 saturated heterocycles. The van der Waals surface area contributed by atoms with Gasteiger partial charge in [-0.15, -0.1) is 0 Å². The predicted molar refractivity (Wildman–Crippen MR) is 104 cm³/mol. The van der Waals surface area contributed by atoms with Gasteiger partial charge >= 0.3 is 6.03 Å². The van der Waals surface area contributed by atoms with Crippen molar-refractivity contribution < 1.29 is 27.2 Å². The summed E-state index contributed by atoms with van der Waals surface area (Å²) < 4.78 is 50.7. The molecular weight excluding hydrogens is 413 g/mol. The molecule has 7 nitrogen and oxygen atoms in total. The average Bonchev–Trinajstić information content (AvgIpc) is 3.24. The van der Waals surface area contributed by atoms with E-state index in [-0.39, 0.29) is 24.0 Å². The zero-order chi connectivity index (χ0) is 21.8. The summed E-state index contributed by atoms with van der Waals surface area (Å²) in [6, 6.07) is 7.46. The van der Waals surface area contributed by atoms with Crippen molar-refractivity contribution in [2.24, 2.45) is 0 Å². The van der Waals surface area contributed by atoms with Crippen LogP contribution in [0.5, 0.6) is 5.75 Å². The number of nitrogens with zero attached hydrogens (tertiary/aromatic N) is 3. The van der Waals surface area contributed by atoms with E-state index in [0.29, 0.717) is 30.6 Å². The second kappa shape index (κ2) is 9.07. The monoisotopic (exact) mass is 432 g/mol. The van der Waals surface area contributed by atoms with Crippen LogP contribution in [-0.4, -0.2) is 27.6 Å². The summed E-state index contributed by atoms with van der Waals surface area (Å²) in [5.74, 6) is -0.998. The van der Waals surface area contributed by atoms with E-state index in [2.05, 4.69) is 15.5 Å². The van der Waals surface area contributed by atoms with Crippen molar-refractivity contribution in [2.75, 3.05) is 11.9 Å². The van der Waals surface area contributed by atoms with Crippen molar-refractivity contribution in [3.63, 3.8) is 0 Å². The van der Waals surface area contributed by atoms with Gasteiger partial charge in [0.05, 0.1) is 11.7 Å². The minimum absolute atomic E-state index is 0.0155. The highest BCUT2D eigenvalue weighted by Crippen LogP contribution is 2.30. The van der Waals surface area contributed by atoms with E-state index in [9.17, 15) is 18.0 Å². The van der Waals surface area contributed by atoms with Gasteiger partial charge in [-0.25, -0.2) is 18.0 Å². The zero-order valence-electron chi connectivity index (χ0n) is 16.4. The molecule has 2 heterocycles. The number of likely N-dealkylation sites (tertiary alicyclic amines) is 1. The maximum Gasteiger partial charge on any atom is 0.322 e. The first-order valence-corrected chi connectivity index (χ1v) is 9.73. The standard InChI is InChI=1S/C21H19F3N4O3/c22-13-4-7-15(8-5-13)30-12-19-26-20(27-31-19)18-3-1-2-10-28(18)21(29)25-17-9-6-14(23)11-16(17)24/h4-9,11,18H,1-3,10,12H2,(H,25,29). The topological polar surface area (TPSA) is 80.5 Å². The maximum atomic E-state index is 13.9. The summed E-state index contributed by atoms with van der Waals surface area (Å²) in [6.45, 7) is 0.410. The maximum absolute atomic E-state index is 13.9. The summed E-state index contributed by atoms with van der Waals surface area (Å²) in [5, 5.41) is 6.43. The van der Waals surface area contributed by atoms with Crippen molar-refractivity contribution >= 4 is 11.7 Å². The van der Waals surface area contributed by atoms with Crippen LogP contribution in [0.2, 0.25) is 0 Å². The average molecular weight is 432 g/mol. The quantitative estimate of drug-likeness (QED) is 0.625. The number of carbonyl (C=O) groups is 1. The van der Waals surface area contributed by atoms with E-state index >= 15 is 0 Å². The Morgan fingerprint density at radius 2 is 1.90 bits per heavy atom. The van der Waals surface area contributed by atoms with Crippen LogP contribution in [-0.2, 0) is 6.61 Å². The van der Waals surface area contributed by atoms with Crippen molar-refractivity contribution in [2.45, 2.75) is 31.9 Å². The SMILES string of the molecule is O=C(Nc1ccc(F)cc1F)N1CCCCC1c1noc(COc2ccc(F)cc2)n1. The number of urea groups is 1. The molecular formula is C21H19F3N4O3. The summed E-state index contributed by atoms with van der Waals surface area (Å²) in [4.78, 5) is 18.6. The first-order valence-electron chi connectivity index (χ1n) is 9.73. The van der Waals surface area contributed by atoms with Crippen molar-refractivity contribution in [1.82, 2.24) is 15.0 Å². The Morgan fingerprint density at radius 1 is 1.13 bits per heavy atom. The minimum Gasteiger partial charge on any atom is -0.484 e. The molecule has 31 heavy (non-hydrogen) atoms. The third kappa shape index (κ3) is 4.96. The Morgan fingerprint density at radius 3 is 2.68 bits per heavy atom. The number of aromatic nitrogens is 2. The first-order chi connectivity index (χ1) is 15.0. The van der Waals surface area contributed by atoms with Gasteiger partial charge < -0.3 is 19.5 Å². The molecule has 2 aromatic carbocycles.